The molecule has 3 heterocycles. The van der Waals surface area contributed by atoms with Crippen LogP contribution < -0.4 is 4.90 Å². The third kappa shape index (κ3) is 3.78. The van der Waals surface area contributed by atoms with E-state index in [0.717, 1.165) is 39.0 Å². The van der Waals surface area contributed by atoms with Crippen molar-refractivity contribution in [3.63, 3.8) is 0 Å². The number of benzene rings is 1. The van der Waals surface area contributed by atoms with E-state index in [1.54, 1.807) is 4.90 Å². The summed E-state index contributed by atoms with van der Waals surface area (Å²) in [5.74, 6) is 0.138. The molecule has 3 fully saturated rings. The summed E-state index contributed by atoms with van der Waals surface area (Å²) >= 11 is 0. The lowest BCUT2D eigenvalue weighted by molar-refractivity contribution is -0.132. The van der Waals surface area contributed by atoms with Gasteiger partial charge in [0.25, 0.3) is 0 Å². The third-order valence-electron chi connectivity index (χ3n) is 7.80. The molecule has 0 N–H and O–H groups in total. The number of esters is 1. The molecular formula is C24H30FN3O4. The average Bonchev–Trinajstić information content (AvgIpc) is 3.46. The van der Waals surface area contributed by atoms with Crippen LogP contribution in [0.2, 0.25) is 0 Å². The number of ether oxygens (including phenoxy) is 1. The van der Waals surface area contributed by atoms with E-state index in [4.69, 9.17) is 0 Å². The predicted octanol–water partition coefficient (Wildman–Crippen LogP) is 2.22. The first kappa shape index (κ1) is 21.4. The van der Waals surface area contributed by atoms with Crippen molar-refractivity contribution >= 4 is 23.5 Å². The monoisotopic (exact) mass is 443 g/mol. The summed E-state index contributed by atoms with van der Waals surface area (Å²) in [5.41, 5.74) is 1.08. The lowest BCUT2D eigenvalue weighted by Crippen LogP contribution is -2.49. The fourth-order valence-corrected chi connectivity index (χ4v) is 6.09. The van der Waals surface area contributed by atoms with Crippen LogP contribution in [0, 0.1) is 17.7 Å². The number of likely N-dealkylation sites (tertiary alicyclic amines) is 2. The quantitative estimate of drug-likeness (QED) is 0.668. The molecule has 0 aromatic heterocycles. The molecule has 32 heavy (non-hydrogen) atoms. The van der Waals surface area contributed by atoms with E-state index in [-0.39, 0.29) is 29.8 Å². The fraction of sp³-hybridized carbons (Fsp3) is 0.625. The smallest absolute Gasteiger partial charge is 0.340 e. The van der Waals surface area contributed by atoms with Crippen LogP contribution in [0.3, 0.4) is 0 Å². The van der Waals surface area contributed by atoms with Crippen molar-refractivity contribution in [1.82, 2.24) is 9.80 Å². The Balaban J connectivity index is 1.20. The number of amides is 2. The number of nitrogens with zero attached hydrogens (tertiary/aromatic N) is 3. The van der Waals surface area contributed by atoms with Gasteiger partial charge in [0.05, 0.1) is 31.3 Å². The van der Waals surface area contributed by atoms with Gasteiger partial charge in [-0.05, 0) is 55.2 Å². The Kier molecular flexibility index (Phi) is 5.65. The number of fused-ring (bicyclic) bond motifs is 2. The molecule has 3 aliphatic heterocycles. The summed E-state index contributed by atoms with van der Waals surface area (Å²) < 4.78 is 19.1. The van der Waals surface area contributed by atoms with E-state index in [1.165, 1.54) is 38.5 Å². The van der Waals surface area contributed by atoms with Crippen LogP contribution in [0.25, 0.3) is 0 Å². The van der Waals surface area contributed by atoms with Gasteiger partial charge in [0.15, 0.2) is 0 Å². The van der Waals surface area contributed by atoms with Crippen molar-refractivity contribution in [2.24, 2.45) is 11.8 Å². The number of anilines is 1. The van der Waals surface area contributed by atoms with Crippen LogP contribution in [0.15, 0.2) is 12.1 Å². The van der Waals surface area contributed by atoms with Crippen LogP contribution in [-0.2, 0) is 20.7 Å². The Labute approximate surface area is 187 Å². The molecule has 4 aliphatic rings. The molecular weight excluding hydrogens is 413 g/mol. The largest absolute Gasteiger partial charge is 0.465 e. The van der Waals surface area contributed by atoms with Crippen molar-refractivity contribution in [3.8, 4) is 0 Å². The summed E-state index contributed by atoms with van der Waals surface area (Å²) in [5, 5.41) is 0. The standard InChI is InChI=1S/C24H30FN3O4/c1-32-24(31)19-9-17-10-22(29)28(21(17)11-20(19)25)18-5-7-26(8-6-18)14-23(30)27-12-15-3-2-4-16(15)13-27/h9,11,15-16,18H,2-8,10,12-14H2,1H3/t15-,16+. The van der Waals surface area contributed by atoms with Gasteiger partial charge in [-0.2, -0.15) is 0 Å². The minimum absolute atomic E-state index is 0.0235. The summed E-state index contributed by atoms with van der Waals surface area (Å²) in [7, 11) is 1.21. The van der Waals surface area contributed by atoms with E-state index in [1.807, 2.05) is 4.90 Å². The molecule has 0 unspecified atom stereocenters. The number of piperidine rings is 1. The molecule has 0 bridgehead atoms. The van der Waals surface area contributed by atoms with Crippen molar-refractivity contribution < 1.29 is 23.5 Å². The van der Waals surface area contributed by atoms with Gasteiger partial charge in [0.2, 0.25) is 11.8 Å². The molecule has 0 radical (unpaired) electrons. The lowest BCUT2D eigenvalue weighted by Gasteiger charge is -2.37. The van der Waals surface area contributed by atoms with Gasteiger partial charge in [-0.15, -0.1) is 0 Å². The number of carbonyl (C=O) groups excluding carboxylic acids is 3. The maximum Gasteiger partial charge on any atom is 0.340 e. The number of methoxy groups -OCH3 is 1. The summed E-state index contributed by atoms with van der Waals surface area (Å²) in [6.45, 7) is 3.74. The number of rotatable bonds is 4. The van der Waals surface area contributed by atoms with E-state index < -0.39 is 11.8 Å². The van der Waals surface area contributed by atoms with Gasteiger partial charge >= 0.3 is 5.97 Å². The number of hydrogen-bond acceptors (Lipinski definition) is 5. The van der Waals surface area contributed by atoms with Crippen LogP contribution in [0.5, 0.6) is 0 Å². The second-order valence-electron chi connectivity index (χ2n) is 9.65. The normalized spacial score (nSPS) is 25.9. The molecule has 2 amide bonds. The third-order valence-corrected chi connectivity index (χ3v) is 7.80. The van der Waals surface area contributed by atoms with Gasteiger partial charge < -0.3 is 14.5 Å². The van der Waals surface area contributed by atoms with Crippen molar-refractivity contribution in [1.29, 1.82) is 0 Å². The number of halogens is 1. The Morgan fingerprint density at radius 3 is 2.44 bits per heavy atom. The average molecular weight is 444 g/mol. The van der Waals surface area contributed by atoms with Crippen molar-refractivity contribution in [2.45, 2.75) is 44.6 Å². The molecule has 1 aromatic rings. The molecule has 172 valence electrons. The molecule has 1 saturated carbocycles. The summed E-state index contributed by atoms with van der Waals surface area (Å²) in [6, 6.07) is 2.70. The fourth-order valence-electron chi connectivity index (χ4n) is 6.09. The number of hydrogen-bond donors (Lipinski definition) is 0. The highest BCUT2D eigenvalue weighted by molar-refractivity contribution is 6.03. The van der Waals surface area contributed by atoms with E-state index in [2.05, 4.69) is 9.64 Å². The van der Waals surface area contributed by atoms with E-state index >= 15 is 0 Å². The van der Waals surface area contributed by atoms with Gasteiger partial charge in [0, 0.05) is 32.2 Å². The van der Waals surface area contributed by atoms with Gasteiger partial charge in [0.1, 0.15) is 5.82 Å². The molecule has 2 atom stereocenters. The maximum absolute atomic E-state index is 14.5. The van der Waals surface area contributed by atoms with Gasteiger partial charge in [-0.1, -0.05) is 6.42 Å². The Morgan fingerprint density at radius 2 is 1.78 bits per heavy atom. The predicted molar refractivity (Wildman–Crippen MR) is 116 cm³/mol. The van der Waals surface area contributed by atoms with Crippen LogP contribution in [0.4, 0.5) is 10.1 Å². The lowest BCUT2D eigenvalue weighted by atomic mass is 10.0. The second-order valence-corrected chi connectivity index (χ2v) is 9.65. The molecule has 1 aliphatic carbocycles. The first-order valence-electron chi connectivity index (χ1n) is 11.7. The highest BCUT2D eigenvalue weighted by Crippen LogP contribution is 2.38. The SMILES string of the molecule is COC(=O)c1cc2c(cc1F)N(C1CCN(CC(=O)N3C[C@H]4CCC[C@H]4C3)CC1)C(=O)C2. The highest BCUT2D eigenvalue weighted by atomic mass is 19.1. The second kappa shape index (κ2) is 8.46. The van der Waals surface area contributed by atoms with Crippen LogP contribution in [0.1, 0.15) is 48.0 Å². The topological polar surface area (TPSA) is 70.2 Å². The first-order valence-corrected chi connectivity index (χ1v) is 11.7. The Hall–Kier alpha value is -2.48. The highest BCUT2D eigenvalue weighted by Gasteiger charge is 2.39. The maximum atomic E-state index is 14.5. The zero-order valence-corrected chi connectivity index (χ0v) is 18.5. The summed E-state index contributed by atoms with van der Waals surface area (Å²) in [4.78, 5) is 43.2. The van der Waals surface area contributed by atoms with Crippen molar-refractivity contribution in [3.05, 3.63) is 29.1 Å². The molecule has 7 nitrogen and oxygen atoms in total. The number of carbonyl (C=O) groups is 3. The first-order chi connectivity index (χ1) is 15.4. The van der Waals surface area contributed by atoms with E-state index in [0.29, 0.717) is 29.6 Å². The van der Waals surface area contributed by atoms with Crippen LogP contribution in [-0.4, -0.2) is 73.5 Å². The molecule has 1 aromatic carbocycles. The van der Waals surface area contributed by atoms with Crippen LogP contribution >= 0.6 is 0 Å². The van der Waals surface area contributed by atoms with Gasteiger partial charge in [-0.3, -0.25) is 14.5 Å². The molecule has 2 saturated heterocycles. The minimum Gasteiger partial charge on any atom is -0.465 e. The zero-order chi connectivity index (χ0) is 22.4. The zero-order valence-electron chi connectivity index (χ0n) is 18.5. The van der Waals surface area contributed by atoms with Gasteiger partial charge in [-0.25, -0.2) is 9.18 Å². The van der Waals surface area contributed by atoms with Crippen molar-refractivity contribution in [2.75, 3.05) is 44.7 Å². The molecule has 5 rings (SSSR count). The molecule has 8 heteroatoms. The minimum atomic E-state index is -0.740. The molecule has 0 spiro atoms. The Morgan fingerprint density at radius 1 is 1.09 bits per heavy atom. The Bertz CT molecular complexity index is 931. The van der Waals surface area contributed by atoms with E-state index in [9.17, 15) is 18.8 Å². The summed E-state index contributed by atoms with van der Waals surface area (Å²) in [6.07, 6.45) is 5.46.